The molecule has 9 heteroatoms. The summed E-state index contributed by atoms with van der Waals surface area (Å²) in [7, 11) is 0. The summed E-state index contributed by atoms with van der Waals surface area (Å²) in [5.74, 6) is -1.41. The average molecular weight is 407 g/mol. The van der Waals surface area contributed by atoms with Gasteiger partial charge in [0.15, 0.2) is 0 Å². The summed E-state index contributed by atoms with van der Waals surface area (Å²) in [5.41, 5.74) is 1.33. The van der Waals surface area contributed by atoms with Crippen LogP contribution in [0, 0.1) is 5.82 Å². The van der Waals surface area contributed by atoms with Gasteiger partial charge in [0.25, 0.3) is 5.91 Å². The van der Waals surface area contributed by atoms with Gasteiger partial charge in [-0.15, -0.1) is 0 Å². The minimum Gasteiger partial charge on any atom is -0.348 e. The fourth-order valence-corrected chi connectivity index (χ4v) is 3.68. The van der Waals surface area contributed by atoms with Gasteiger partial charge in [-0.3, -0.25) is 14.9 Å². The molecule has 2 aliphatic rings. The van der Waals surface area contributed by atoms with E-state index in [2.05, 4.69) is 10.6 Å². The summed E-state index contributed by atoms with van der Waals surface area (Å²) in [6.45, 7) is 0.543. The number of alkyl halides is 3. The SMILES string of the molecule is O=C1NCc2cc([C@H]3CN(Cc4cc(F)cc(C(F)(F)F)c4)C(=O)CN3)ccc21. The lowest BCUT2D eigenvalue weighted by Gasteiger charge is -2.34. The summed E-state index contributed by atoms with van der Waals surface area (Å²) in [5, 5.41) is 5.83. The van der Waals surface area contributed by atoms with Crippen LogP contribution in [0.3, 0.4) is 0 Å². The maximum atomic E-state index is 13.7. The molecular formula is C20H17F4N3O2. The number of nitrogens with one attached hydrogen (secondary N) is 2. The van der Waals surface area contributed by atoms with Gasteiger partial charge in [0.2, 0.25) is 5.91 Å². The summed E-state index contributed by atoms with van der Waals surface area (Å²) >= 11 is 0. The molecule has 5 nitrogen and oxygen atoms in total. The minimum absolute atomic E-state index is 0.0143. The average Bonchev–Trinajstić information content (AvgIpc) is 3.03. The number of carbonyl (C=O) groups excluding carboxylic acids is 2. The fraction of sp³-hybridized carbons (Fsp3) is 0.300. The van der Waals surface area contributed by atoms with E-state index in [1.54, 1.807) is 12.1 Å². The molecule has 0 saturated carbocycles. The molecule has 2 amide bonds. The van der Waals surface area contributed by atoms with Crippen molar-refractivity contribution in [1.29, 1.82) is 0 Å². The molecule has 0 unspecified atom stereocenters. The molecule has 1 fully saturated rings. The van der Waals surface area contributed by atoms with E-state index in [9.17, 15) is 27.2 Å². The van der Waals surface area contributed by atoms with Crippen LogP contribution >= 0.6 is 0 Å². The Morgan fingerprint density at radius 2 is 1.86 bits per heavy atom. The fourth-order valence-electron chi connectivity index (χ4n) is 3.68. The van der Waals surface area contributed by atoms with Crippen molar-refractivity contribution in [2.45, 2.75) is 25.3 Å². The van der Waals surface area contributed by atoms with Crippen LogP contribution in [-0.2, 0) is 24.1 Å². The first-order valence-corrected chi connectivity index (χ1v) is 8.99. The number of piperazine rings is 1. The molecule has 2 heterocycles. The van der Waals surface area contributed by atoms with Gasteiger partial charge in [-0.1, -0.05) is 12.1 Å². The Bertz CT molecular complexity index is 990. The van der Waals surface area contributed by atoms with Crippen LogP contribution in [0.5, 0.6) is 0 Å². The number of benzene rings is 2. The highest BCUT2D eigenvalue weighted by Gasteiger charge is 2.32. The molecule has 0 aromatic heterocycles. The lowest BCUT2D eigenvalue weighted by Crippen LogP contribution is -2.49. The summed E-state index contributed by atoms with van der Waals surface area (Å²) in [6.07, 6.45) is -4.66. The van der Waals surface area contributed by atoms with E-state index in [4.69, 9.17) is 0 Å². The van der Waals surface area contributed by atoms with Crippen molar-refractivity contribution in [3.63, 3.8) is 0 Å². The number of hydrogen-bond acceptors (Lipinski definition) is 3. The maximum Gasteiger partial charge on any atom is 0.416 e. The van der Waals surface area contributed by atoms with E-state index in [0.29, 0.717) is 18.2 Å². The Morgan fingerprint density at radius 1 is 1.07 bits per heavy atom. The third-order valence-corrected chi connectivity index (χ3v) is 5.13. The molecule has 152 valence electrons. The van der Waals surface area contributed by atoms with E-state index >= 15 is 0 Å². The molecular weight excluding hydrogens is 390 g/mol. The van der Waals surface area contributed by atoms with Gasteiger partial charge < -0.3 is 10.2 Å². The van der Waals surface area contributed by atoms with Gasteiger partial charge in [-0.25, -0.2) is 4.39 Å². The van der Waals surface area contributed by atoms with Crippen molar-refractivity contribution in [2.75, 3.05) is 13.1 Å². The second kappa shape index (κ2) is 7.14. The molecule has 0 radical (unpaired) electrons. The van der Waals surface area contributed by atoms with Crippen LogP contribution in [0.1, 0.15) is 38.7 Å². The number of amides is 2. The Hall–Kier alpha value is -2.94. The Kier molecular flexibility index (Phi) is 4.77. The van der Waals surface area contributed by atoms with Gasteiger partial charge in [0.05, 0.1) is 18.2 Å². The molecule has 0 aliphatic carbocycles. The molecule has 2 aliphatic heterocycles. The zero-order valence-corrected chi connectivity index (χ0v) is 15.1. The van der Waals surface area contributed by atoms with Crippen LogP contribution < -0.4 is 10.6 Å². The van der Waals surface area contributed by atoms with Crippen molar-refractivity contribution in [3.8, 4) is 0 Å². The quantitative estimate of drug-likeness (QED) is 0.770. The number of nitrogens with zero attached hydrogens (tertiary/aromatic N) is 1. The third-order valence-electron chi connectivity index (χ3n) is 5.13. The van der Waals surface area contributed by atoms with Gasteiger partial charge >= 0.3 is 6.18 Å². The Labute approximate surface area is 163 Å². The van der Waals surface area contributed by atoms with Gasteiger partial charge in [0.1, 0.15) is 5.82 Å². The van der Waals surface area contributed by atoms with Crippen LogP contribution in [0.2, 0.25) is 0 Å². The predicted molar refractivity (Wildman–Crippen MR) is 95.2 cm³/mol. The van der Waals surface area contributed by atoms with Crippen LogP contribution in [0.4, 0.5) is 17.6 Å². The molecule has 2 aromatic rings. The summed E-state index contributed by atoms with van der Waals surface area (Å²) in [4.78, 5) is 25.4. The van der Waals surface area contributed by atoms with Gasteiger partial charge in [0, 0.05) is 25.2 Å². The Morgan fingerprint density at radius 3 is 2.62 bits per heavy atom. The Balaban J connectivity index is 1.54. The topological polar surface area (TPSA) is 61.4 Å². The second-order valence-electron chi connectivity index (χ2n) is 7.15. The van der Waals surface area contributed by atoms with Crippen molar-refractivity contribution in [3.05, 3.63) is 70.0 Å². The molecule has 4 rings (SSSR count). The summed E-state index contributed by atoms with van der Waals surface area (Å²) < 4.78 is 52.5. The van der Waals surface area contributed by atoms with Crippen LogP contribution in [0.25, 0.3) is 0 Å². The molecule has 1 saturated heterocycles. The number of hydrogen-bond donors (Lipinski definition) is 2. The first kappa shape index (κ1) is 19.4. The minimum atomic E-state index is -4.66. The zero-order chi connectivity index (χ0) is 20.8. The third kappa shape index (κ3) is 3.95. The highest BCUT2D eigenvalue weighted by atomic mass is 19.4. The number of rotatable bonds is 3. The van der Waals surface area contributed by atoms with Crippen molar-refractivity contribution in [1.82, 2.24) is 15.5 Å². The first-order chi connectivity index (χ1) is 13.7. The van der Waals surface area contributed by atoms with Crippen LogP contribution in [0.15, 0.2) is 36.4 Å². The first-order valence-electron chi connectivity index (χ1n) is 8.99. The lowest BCUT2D eigenvalue weighted by atomic mass is 9.99. The van der Waals surface area contributed by atoms with E-state index in [1.165, 1.54) is 4.90 Å². The van der Waals surface area contributed by atoms with Crippen molar-refractivity contribution < 1.29 is 27.2 Å². The monoisotopic (exact) mass is 407 g/mol. The second-order valence-corrected chi connectivity index (χ2v) is 7.15. The van der Waals surface area contributed by atoms with Crippen LogP contribution in [-0.4, -0.2) is 29.8 Å². The van der Waals surface area contributed by atoms with E-state index < -0.39 is 17.6 Å². The molecule has 0 spiro atoms. The highest BCUT2D eigenvalue weighted by molar-refractivity contribution is 5.98. The van der Waals surface area contributed by atoms with Gasteiger partial charge in [-0.05, 0) is 41.0 Å². The molecule has 2 aromatic carbocycles. The largest absolute Gasteiger partial charge is 0.416 e. The normalized spacial score (nSPS) is 19.3. The predicted octanol–water partition coefficient (Wildman–Crippen LogP) is 2.76. The molecule has 0 bridgehead atoms. The standard InChI is InChI=1S/C20H17F4N3O2/c21-15-4-11(3-14(6-15)20(22,23)24)9-27-10-17(25-8-18(27)28)12-1-2-16-13(5-12)7-26-19(16)29/h1-6,17,25H,7-10H2,(H,26,29)/t17-/m1/s1. The molecule has 29 heavy (non-hydrogen) atoms. The lowest BCUT2D eigenvalue weighted by molar-refractivity contribution is -0.137. The molecule has 2 N–H and O–H groups in total. The summed E-state index contributed by atoms with van der Waals surface area (Å²) in [6, 6.07) is 7.45. The van der Waals surface area contributed by atoms with E-state index in [1.807, 2.05) is 6.07 Å². The number of fused-ring (bicyclic) bond motifs is 1. The van der Waals surface area contributed by atoms with E-state index in [-0.39, 0.29) is 43.1 Å². The highest BCUT2D eigenvalue weighted by Crippen LogP contribution is 2.31. The smallest absolute Gasteiger partial charge is 0.348 e. The zero-order valence-electron chi connectivity index (χ0n) is 15.1. The maximum absolute atomic E-state index is 13.7. The number of halogens is 4. The van der Waals surface area contributed by atoms with Crippen molar-refractivity contribution in [2.24, 2.45) is 0 Å². The van der Waals surface area contributed by atoms with Gasteiger partial charge in [-0.2, -0.15) is 13.2 Å². The molecule has 1 atom stereocenters. The number of carbonyl (C=O) groups is 2. The van der Waals surface area contributed by atoms with E-state index in [0.717, 1.165) is 23.3 Å². The van der Waals surface area contributed by atoms with Crippen molar-refractivity contribution >= 4 is 11.8 Å².